The molecule has 1 aliphatic carbocycles. The van der Waals surface area contributed by atoms with Gasteiger partial charge in [0.25, 0.3) is 0 Å². The maximum atomic E-state index is 5.93. The summed E-state index contributed by atoms with van der Waals surface area (Å²) in [5.74, 6) is 2.98. The Balaban J connectivity index is 1.69. The fraction of sp³-hybridized carbons (Fsp3) is 0.389. The van der Waals surface area contributed by atoms with Gasteiger partial charge in [0, 0.05) is 30.4 Å². The number of rotatable bonds is 7. The Morgan fingerprint density at radius 2 is 2.05 bits per heavy atom. The average Bonchev–Trinajstić information content (AvgIpc) is 3.39. The summed E-state index contributed by atoms with van der Waals surface area (Å²) in [6.07, 6.45) is 4.44. The molecule has 1 aliphatic rings. The molecule has 0 saturated heterocycles. The van der Waals surface area contributed by atoms with Crippen LogP contribution in [-0.4, -0.2) is 18.1 Å². The summed E-state index contributed by atoms with van der Waals surface area (Å²) in [4.78, 5) is 4.36. The molecule has 22 heavy (non-hydrogen) atoms. The first-order valence-corrected chi connectivity index (χ1v) is 7.75. The Morgan fingerprint density at radius 3 is 2.82 bits per heavy atom. The zero-order valence-electron chi connectivity index (χ0n) is 13.1. The molecule has 1 saturated carbocycles. The molecule has 2 aromatic rings. The second-order valence-electron chi connectivity index (χ2n) is 5.76. The van der Waals surface area contributed by atoms with Crippen molar-refractivity contribution in [2.24, 2.45) is 5.92 Å². The first-order valence-electron chi connectivity index (χ1n) is 7.75. The van der Waals surface area contributed by atoms with Crippen LogP contribution in [0.25, 0.3) is 0 Å². The number of hydrogen-bond donors (Lipinski definition) is 1. The van der Waals surface area contributed by atoms with Crippen molar-refractivity contribution in [2.75, 3.05) is 7.11 Å². The van der Waals surface area contributed by atoms with E-state index in [2.05, 4.69) is 23.3 Å². The number of nitrogens with zero attached hydrogens (tertiary/aromatic N) is 1. The van der Waals surface area contributed by atoms with Gasteiger partial charge in [0.15, 0.2) is 0 Å². The highest BCUT2D eigenvalue weighted by Crippen LogP contribution is 2.32. The molecule has 4 heteroatoms. The molecule has 1 fully saturated rings. The van der Waals surface area contributed by atoms with Gasteiger partial charge < -0.3 is 14.8 Å². The van der Waals surface area contributed by atoms with Gasteiger partial charge in [0.1, 0.15) is 11.5 Å². The predicted molar refractivity (Wildman–Crippen MR) is 86.3 cm³/mol. The standard InChI is InChI=1S/C18H22N2O2/c1-13(14-8-9-14)20-12-15-5-4-10-19-18(15)22-17-7-3-6-16(11-17)21-2/h3-7,10-11,13-14,20H,8-9,12H2,1-2H3. The van der Waals surface area contributed by atoms with E-state index in [4.69, 9.17) is 9.47 Å². The van der Waals surface area contributed by atoms with E-state index in [1.54, 1.807) is 13.3 Å². The smallest absolute Gasteiger partial charge is 0.223 e. The van der Waals surface area contributed by atoms with Gasteiger partial charge in [-0.2, -0.15) is 0 Å². The lowest BCUT2D eigenvalue weighted by Gasteiger charge is -2.15. The molecule has 116 valence electrons. The van der Waals surface area contributed by atoms with Crippen molar-refractivity contribution in [3.63, 3.8) is 0 Å². The van der Waals surface area contributed by atoms with Crippen LogP contribution in [0, 0.1) is 5.92 Å². The number of benzene rings is 1. The van der Waals surface area contributed by atoms with Gasteiger partial charge in [0.05, 0.1) is 7.11 Å². The van der Waals surface area contributed by atoms with Crippen molar-refractivity contribution in [1.82, 2.24) is 10.3 Å². The monoisotopic (exact) mass is 298 g/mol. The van der Waals surface area contributed by atoms with E-state index in [9.17, 15) is 0 Å². The Morgan fingerprint density at radius 1 is 1.23 bits per heavy atom. The van der Waals surface area contributed by atoms with Gasteiger partial charge in [0.2, 0.25) is 5.88 Å². The van der Waals surface area contributed by atoms with Crippen LogP contribution in [0.1, 0.15) is 25.3 Å². The molecular weight excluding hydrogens is 276 g/mol. The molecule has 1 aromatic heterocycles. The van der Waals surface area contributed by atoms with Crippen molar-refractivity contribution < 1.29 is 9.47 Å². The second kappa shape index (κ2) is 6.79. The Hall–Kier alpha value is -2.07. The fourth-order valence-corrected chi connectivity index (χ4v) is 2.46. The first kappa shape index (κ1) is 14.9. The van der Waals surface area contributed by atoms with Crippen LogP contribution in [-0.2, 0) is 6.54 Å². The van der Waals surface area contributed by atoms with E-state index < -0.39 is 0 Å². The van der Waals surface area contributed by atoms with Crippen LogP contribution in [0.15, 0.2) is 42.6 Å². The summed E-state index contributed by atoms with van der Waals surface area (Å²) >= 11 is 0. The van der Waals surface area contributed by atoms with Gasteiger partial charge in [-0.05, 0) is 43.9 Å². The van der Waals surface area contributed by atoms with Crippen molar-refractivity contribution >= 4 is 0 Å². The summed E-state index contributed by atoms with van der Waals surface area (Å²) in [5, 5.41) is 3.56. The molecular formula is C18H22N2O2. The minimum absolute atomic E-state index is 0.546. The van der Waals surface area contributed by atoms with Gasteiger partial charge in [-0.15, -0.1) is 0 Å². The predicted octanol–water partition coefficient (Wildman–Crippen LogP) is 3.77. The molecule has 0 spiro atoms. The van der Waals surface area contributed by atoms with Crippen LogP contribution in [0.5, 0.6) is 17.4 Å². The zero-order chi connectivity index (χ0) is 15.4. The molecule has 4 nitrogen and oxygen atoms in total. The van der Waals surface area contributed by atoms with Gasteiger partial charge in [-0.3, -0.25) is 0 Å². The minimum Gasteiger partial charge on any atom is -0.497 e. The third-order valence-electron chi connectivity index (χ3n) is 4.05. The van der Waals surface area contributed by atoms with Crippen LogP contribution >= 0.6 is 0 Å². The zero-order valence-corrected chi connectivity index (χ0v) is 13.1. The molecule has 3 rings (SSSR count). The first-order chi connectivity index (χ1) is 10.8. The highest BCUT2D eigenvalue weighted by molar-refractivity contribution is 5.37. The van der Waals surface area contributed by atoms with E-state index in [1.807, 2.05) is 30.3 Å². The van der Waals surface area contributed by atoms with Gasteiger partial charge in [-0.1, -0.05) is 12.1 Å². The molecule has 0 bridgehead atoms. The van der Waals surface area contributed by atoms with E-state index in [1.165, 1.54) is 12.8 Å². The average molecular weight is 298 g/mol. The summed E-state index contributed by atoms with van der Waals surface area (Å²) in [6, 6.07) is 12.1. The summed E-state index contributed by atoms with van der Waals surface area (Å²) < 4.78 is 11.2. The number of ether oxygens (including phenoxy) is 2. The van der Waals surface area contributed by atoms with Crippen LogP contribution in [0.2, 0.25) is 0 Å². The lowest BCUT2D eigenvalue weighted by atomic mass is 10.2. The van der Waals surface area contributed by atoms with E-state index in [-0.39, 0.29) is 0 Å². The molecule has 1 aromatic carbocycles. The second-order valence-corrected chi connectivity index (χ2v) is 5.76. The van der Waals surface area contributed by atoms with Crippen molar-refractivity contribution in [1.29, 1.82) is 0 Å². The van der Waals surface area contributed by atoms with E-state index in [0.717, 1.165) is 29.5 Å². The van der Waals surface area contributed by atoms with Gasteiger partial charge in [-0.25, -0.2) is 4.98 Å². The van der Waals surface area contributed by atoms with Crippen LogP contribution in [0.4, 0.5) is 0 Å². The minimum atomic E-state index is 0.546. The fourth-order valence-electron chi connectivity index (χ4n) is 2.46. The van der Waals surface area contributed by atoms with Gasteiger partial charge >= 0.3 is 0 Å². The lowest BCUT2D eigenvalue weighted by Crippen LogP contribution is -2.27. The van der Waals surface area contributed by atoms with Crippen molar-refractivity contribution in [3.8, 4) is 17.4 Å². The molecule has 0 radical (unpaired) electrons. The third-order valence-corrected chi connectivity index (χ3v) is 4.05. The SMILES string of the molecule is COc1cccc(Oc2ncccc2CNC(C)C2CC2)c1. The number of methoxy groups -OCH3 is 1. The third kappa shape index (κ3) is 3.77. The highest BCUT2D eigenvalue weighted by Gasteiger charge is 2.27. The largest absolute Gasteiger partial charge is 0.497 e. The van der Waals surface area contributed by atoms with Crippen molar-refractivity contribution in [3.05, 3.63) is 48.2 Å². The summed E-state index contributed by atoms with van der Waals surface area (Å²) in [5.41, 5.74) is 1.07. The molecule has 0 aliphatic heterocycles. The van der Waals surface area contributed by atoms with E-state index in [0.29, 0.717) is 11.9 Å². The quantitative estimate of drug-likeness (QED) is 0.845. The Bertz CT molecular complexity index is 626. The highest BCUT2D eigenvalue weighted by atomic mass is 16.5. The lowest BCUT2D eigenvalue weighted by molar-refractivity contribution is 0.405. The number of aromatic nitrogens is 1. The molecule has 1 N–H and O–H groups in total. The summed E-state index contributed by atoms with van der Waals surface area (Å²) in [7, 11) is 1.65. The normalized spacial score (nSPS) is 15.4. The molecule has 1 unspecified atom stereocenters. The topological polar surface area (TPSA) is 43.4 Å². The Labute approximate surface area is 131 Å². The number of pyridine rings is 1. The molecule has 1 heterocycles. The maximum Gasteiger partial charge on any atom is 0.223 e. The number of hydrogen-bond acceptors (Lipinski definition) is 4. The summed E-state index contributed by atoms with van der Waals surface area (Å²) in [6.45, 7) is 3.02. The maximum absolute atomic E-state index is 5.93. The van der Waals surface area contributed by atoms with Crippen molar-refractivity contribution in [2.45, 2.75) is 32.4 Å². The molecule has 1 atom stereocenters. The van der Waals surface area contributed by atoms with E-state index >= 15 is 0 Å². The number of nitrogens with one attached hydrogen (secondary N) is 1. The Kier molecular flexibility index (Phi) is 4.59. The van der Waals surface area contributed by atoms with Crippen LogP contribution in [0.3, 0.4) is 0 Å². The molecule has 0 amide bonds. The van der Waals surface area contributed by atoms with Crippen LogP contribution < -0.4 is 14.8 Å².